The molecule has 0 fully saturated rings. The van der Waals surface area contributed by atoms with Crippen LogP contribution in [0.3, 0.4) is 0 Å². The Hall–Kier alpha value is -3.87. The van der Waals surface area contributed by atoms with Crippen molar-refractivity contribution in [3.8, 4) is 0 Å². The van der Waals surface area contributed by atoms with Crippen LogP contribution in [0.4, 0.5) is 29.0 Å². The second kappa shape index (κ2) is 7.17. The number of aromatic nitrogens is 4. The van der Waals surface area contributed by atoms with Crippen LogP contribution in [-0.4, -0.2) is 33.3 Å². The number of nitrogens with two attached hydrogens (primary N) is 1. The minimum atomic E-state index is -3.89. The van der Waals surface area contributed by atoms with E-state index in [2.05, 4.69) is 30.0 Å². The number of hydrogen-bond donors (Lipinski definition) is 3. The lowest BCUT2D eigenvalue weighted by Gasteiger charge is -2.09. The Kier molecular flexibility index (Phi) is 4.76. The quantitative estimate of drug-likeness (QED) is 0.411. The van der Waals surface area contributed by atoms with Gasteiger partial charge in [0, 0.05) is 18.1 Å². The highest BCUT2D eigenvalue weighted by molar-refractivity contribution is 7.92. The molecule has 3 rings (SSSR count). The Labute approximate surface area is 152 Å². The molecule has 0 radical (unpaired) electrons. The number of nitro groups is 1. The van der Waals surface area contributed by atoms with Crippen LogP contribution < -0.4 is 15.8 Å². The Morgan fingerprint density at radius 1 is 1.04 bits per heavy atom. The van der Waals surface area contributed by atoms with Gasteiger partial charge < -0.3 is 11.1 Å². The summed E-state index contributed by atoms with van der Waals surface area (Å²) in [6.07, 6.45) is 3.88. The van der Waals surface area contributed by atoms with Gasteiger partial charge in [0.15, 0.2) is 0 Å². The molecule has 3 aromatic rings. The van der Waals surface area contributed by atoms with Crippen LogP contribution in [0.15, 0.2) is 53.9 Å². The first-order chi connectivity index (χ1) is 12.9. The maximum atomic E-state index is 12.3. The van der Waals surface area contributed by atoms with Gasteiger partial charge in [0.05, 0.1) is 9.82 Å². The minimum Gasteiger partial charge on any atom is -0.378 e. The van der Waals surface area contributed by atoms with E-state index >= 15 is 0 Å². The Morgan fingerprint density at radius 2 is 1.70 bits per heavy atom. The van der Waals surface area contributed by atoms with E-state index in [4.69, 9.17) is 5.73 Å². The normalized spacial score (nSPS) is 11.0. The lowest BCUT2D eigenvalue weighted by molar-refractivity contribution is -0.383. The maximum absolute atomic E-state index is 12.3. The molecule has 0 aliphatic carbocycles. The lowest BCUT2D eigenvalue weighted by Crippen LogP contribution is -2.14. The van der Waals surface area contributed by atoms with E-state index in [1.807, 2.05) is 0 Å². The third-order valence-electron chi connectivity index (χ3n) is 3.25. The molecule has 2 aromatic heterocycles. The lowest BCUT2D eigenvalue weighted by atomic mass is 10.3. The van der Waals surface area contributed by atoms with Crippen molar-refractivity contribution in [2.45, 2.75) is 4.90 Å². The number of anilines is 4. The molecular formula is C14H12N8O4S. The van der Waals surface area contributed by atoms with E-state index in [9.17, 15) is 18.5 Å². The van der Waals surface area contributed by atoms with Crippen LogP contribution in [0.1, 0.15) is 0 Å². The smallest absolute Gasteiger partial charge is 0.353 e. The summed E-state index contributed by atoms with van der Waals surface area (Å²) in [5.74, 6) is -0.463. The van der Waals surface area contributed by atoms with Gasteiger partial charge in [0.1, 0.15) is 6.33 Å². The Balaban J connectivity index is 1.82. The zero-order valence-corrected chi connectivity index (χ0v) is 14.3. The zero-order chi connectivity index (χ0) is 19.4. The minimum absolute atomic E-state index is 0.0443. The number of nitrogen functional groups attached to an aromatic ring is 1. The van der Waals surface area contributed by atoms with Crippen LogP contribution in [0, 0.1) is 10.1 Å². The van der Waals surface area contributed by atoms with Gasteiger partial charge >= 0.3 is 5.69 Å². The molecule has 0 spiro atoms. The number of benzene rings is 1. The van der Waals surface area contributed by atoms with Crippen molar-refractivity contribution < 1.29 is 13.3 Å². The molecule has 0 bridgehead atoms. The summed E-state index contributed by atoms with van der Waals surface area (Å²) < 4.78 is 26.9. The molecule has 138 valence electrons. The van der Waals surface area contributed by atoms with Gasteiger partial charge in [0.25, 0.3) is 10.0 Å². The molecule has 0 atom stereocenters. The molecule has 13 heteroatoms. The van der Waals surface area contributed by atoms with Crippen LogP contribution in [0.2, 0.25) is 0 Å². The van der Waals surface area contributed by atoms with Crippen molar-refractivity contribution in [3.05, 3.63) is 59.2 Å². The summed E-state index contributed by atoms with van der Waals surface area (Å²) in [5.41, 5.74) is 5.39. The average Bonchev–Trinajstić information content (AvgIpc) is 2.62. The molecule has 0 saturated carbocycles. The fourth-order valence-corrected chi connectivity index (χ4v) is 3.01. The van der Waals surface area contributed by atoms with Crippen LogP contribution in [-0.2, 0) is 10.0 Å². The van der Waals surface area contributed by atoms with Gasteiger partial charge in [-0.25, -0.2) is 33.1 Å². The fourth-order valence-electron chi connectivity index (χ4n) is 2.05. The zero-order valence-electron chi connectivity index (χ0n) is 13.5. The van der Waals surface area contributed by atoms with E-state index in [-0.39, 0.29) is 22.5 Å². The maximum Gasteiger partial charge on any atom is 0.353 e. The van der Waals surface area contributed by atoms with Gasteiger partial charge in [0.2, 0.25) is 17.6 Å². The highest BCUT2D eigenvalue weighted by Gasteiger charge is 2.21. The fraction of sp³-hybridized carbons (Fsp3) is 0. The largest absolute Gasteiger partial charge is 0.378 e. The third-order valence-corrected chi connectivity index (χ3v) is 4.60. The topological polar surface area (TPSA) is 179 Å². The van der Waals surface area contributed by atoms with Gasteiger partial charge in [-0.05, 0) is 30.3 Å². The third kappa shape index (κ3) is 4.04. The molecule has 4 N–H and O–H groups in total. The molecule has 0 aliphatic rings. The number of hydrogen-bond acceptors (Lipinski definition) is 10. The molecule has 2 heterocycles. The van der Waals surface area contributed by atoms with Crippen LogP contribution in [0.25, 0.3) is 0 Å². The summed E-state index contributed by atoms with van der Waals surface area (Å²) >= 11 is 0. The standard InChI is InChI=1S/C14H12N8O4S/c15-12-11(22(23)24)13(19-8-18-12)20-9-2-4-10(5-3-9)27(25,26)21-14-16-6-1-7-17-14/h1-8H,(H,16,17,21)(H3,15,18,19,20). The van der Waals surface area contributed by atoms with E-state index < -0.39 is 20.6 Å². The van der Waals surface area contributed by atoms with Crippen LogP contribution >= 0.6 is 0 Å². The Morgan fingerprint density at radius 3 is 2.33 bits per heavy atom. The summed E-state index contributed by atoms with van der Waals surface area (Å²) in [6.45, 7) is 0. The predicted molar refractivity (Wildman–Crippen MR) is 95.7 cm³/mol. The van der Waals surface area contributed by atoms with Crippen molar-refractivity contribution in [1.29, 1.82) is 0 Å². The Bertz CT molecular complexity index is 1070. The first kappa shape index (κ1) is 17.9. The summed E-state index contributed by atoms with van der Waals surface area (Å²) in [4.78, 5) is 25.3. The van der Waals surface area contributed by atoms with Crippen LogP contribution in [0.5, 0.6) is 0 Å². The first-order valence-electron chi connectivity index (χ1n) is 7.28. The molecule has 0 saturated heterocycles. The highest BCUT2D eigenvalue weighted by Crippen LogP contribution is 2.29. The monoisotopic (exact) mass is 388 g/mol. The average molecular weight is 388 g/mol. The number of nitrogens with one attached hydrogen (secondary N) is 2. The number of rotatable bonds is 6. The molecule has 0 unspecified atom stereocenters. The van der Waals surface area contributed by atoms with Crippen molar-refractivity contribution in [2.75, 3.05) is 15.8 Å². The number of sulfonamides is 1. The van der Waals surface area contributed by atoms with Gasteiger partial charge in [-0.3, -0.25) is 10.1 Å². The van der Waals surface area contributed by atoms with Crippen molar-refractivity contribution in [3.63, 3.8) is 0 Å². The first-order valence-corrected chi connectivity index (χ1v) is 8.77. The SMILES string of the molecule is Nc1ncnc(Nc2ccc(S(=O)(=O)Nc3ncccn3)cc2)c1[N+](=O)[O-]. The number of nitrogens with zero attached hydrogens (tertiary/aromatic N) is 5. The second-order valence-electron chi connectivity index (χ2n) is 5.04. The summed E-state index contributed by atoms with van der Waals surface area (Å²) in [5, 5.41) is 13.8. The van der Waals surface area contributed by atoms with E-state index in [1.165, 1.54) is 36.7 Å². The summed E-state index contributed by atoms with van der Waals surface area (Å²) in [6, 6.07) is 7.01. The van der Waals surface area contributed by atoms with Gasteiger partial charge in [-0.2, -0.15) is 0 Å². The molecule has 0 aliphatic heterocycles. The molecule has 0 amide bonds. The van der Waals surface area contributed by atoms with E-state index in [1.54, 1.807) is 6.07 Å². The van der Waals surface area contributed by atoms with Gasteiger partial charge in [-0.15, -0.1) is 0 Å². The second-order valence-corrected chi connectivity index (χ2v) is 6.72. The molecule has 27 heavy (non-hydrogen) atoms. The van der Waals surface area contributed by atoms with Gasteiger partial charge in [-0.1, -0.05) is 0 Å². The van der Waals surface area contributed by atoms with E-state index in [0.717, 1.165) is 6.33 Å². The predicted octanol–water partition coefficient (Wildman–Crippen LogP) is 1.30. The van der Waals surface area contributed by atoms with Crippen molar-refractivity contribution in [1.82, 2.24) is 19.9 Å². The van der Waals surface area contributed by atoms with Crippen molar-refractivity contribution >= 4 is 39.0 Å². The van der Waals surface area contributed by atoms with E-state index in [0.29, 0.717) is 5.69 Å². The van der Waals surface area contributed by atoms with Crippen molar-refractivity contribution in [2.24, 2.45) is 0 Å². The molecule has 1 aromatic carbocycles. The highest BCUT2D eigenvalue weighted by atomic mass is 32.2. The molecular weight excluding hydrogens is 376 g/mol. The summed E-state index contributed by atoms with van der Waals surface area (Å²) in [7, 11) is -3.89. The molecule has 12 nitrogen and oxygen atoms in total.